The second kappa shape index (κ2) is 5.19. The number of nitriles is 1. The van der Waals surface area contributed by atoms with Crippen LogP contribution in [0.1, 0.15) is 11.1 Å². The van der Waals surface area contributed by atoms with Crippen LogP contribution in [0.2, 0.25) is 0 Å². The standard InChI is InChI=1S/C12H12N4O2/c13-7-10-1-3-11(4-2-10)8-15-6-5-14-12(15)9-16(17)18/h1-4,9,14H,5-6,8H2. The van der Waals surface area contributed by atoms with Crippen LogP contribution in [0.5, 0.6) is 0 Å². The van der Waals surface area contributed by atoms with Gasteiger partial charge in [0, 0.05) is 19.6 Å². The first-order valence-corrected chi connectivity index (χ1v) is 5.52. The molecule has 1 aromatic carbocycles. The fraction of sp³-hybridized carbons (Fsp3) is 0.250. The van der Waals surface area contributed by atoms with Crippen LogP contribution in [0.15, 0.2) is 36.3 Å². The molecule has 0 spiro atoms. The van der Waals surface area contributed by atoms with Gasteiger partial charge < -0.3 is 10.2 Å². The molecule has 6 nitrogen and oxygen atoms in total. The largest absolute Gasteiger partial charge is 0.365 e. The lowest BCUT2D eigenvalue weighted by molar-refractivity contribution is -0.404. The highest BCUT2D eigenvalue weighted by molar-refractivity contribution is 5.31. The molecule has 1 fully saturated rings. The Balaban J connectivity index is 2.08. The Morgan fingerprint density at radius 2 is 2.22 bits per heavy atom. The van der Waals surface area contributed by atoms with Crippen LogP contribution in [0, 0.1) is 21.4 Å². The minimum Gasteiger partial charge on any atom is -0.365 e. The summed E-state index contributed by atoms with van der Waals surface area (Å²) < 4.78 is 0. The molecule has 1 saturated heterocycles. The predicted molar refractivity (Wildman–Crippen MR) is 64.6 cm³/mol. The summed E-state index contributed by atoms with van der Waals surface area (Å²) in [5, 5.41) is 22.1. The van der Waals surface area contributed by atoms with Gasteiger partial charge in [0.1, 0.15) is 0 Å². The SMILES string of the molecule is N#Cc1ccc(CN2CCNC2=C[N+](=O)[O-])cc1. The molecule has 0 amide bonds. The van der Waals surface area contributed by atoms with E-state index < -0.39 is 4.92 Å². The van der Waals surface area contributed by atoms with Crippen molar-refractivity contribution in [3.05, 3.63) is 57.5 Å². The van der Waals surface area contributed by atoms with E-state index in [9.17, 15) is 10.1 Å². The summed E-state index contributed by atoms with van der Waals surface area (Å²) in [5.74, 6) is 0.532. The highest BCUT2D eigenvalue weighted by Gasteiger charge is 2.19. The molecule has 1 aliphatic heterocycles. The Bertz CT molecular complexity index is 516. The molecule has 0 bridgehead atoms. The van der Waals surface area contributed by atoms with Crippen LogP contribution >= 0.6 is 0 Å². The average Bonchev–Trinajstić information content (AvgIpc) is 2.77. The normalized spacial score (nSPS) is 16.4. The van der Waals surface area contributed by atoms with Gasteiger partial charge in [0.05, 0.1) is 16.6 Å². The lowest BCUT2D eigenvalue weighted by atomic mass is 10.1. The van der Waals surface area contributed by atoms with Crippen molar-refractivity contribution in [2.24, 2.45) is 0 Å². The molecule has 6 heteroatoms. The zero-order valence-corrected chi connectivity index (χ0v) is 9.67. The molecule has 1 aromatic rings. The van der Waals surface area contributed by atoms with E-state index in [2.05, 4.69) is 11.4 Å². The molecule has 0 saturated carbocycles. The number of nitro groups is 1. The number of hydrogen-bond acceptors (Lipinski definition) is 5. The zero-order valence-electron chi connectivity index (χ0n) is 9.67. The third kappa shape index (κ3) is 2.77. The molecule has 0 unspecified atom stereocenters. The third-order valence-corrected chi connectivity index (χ3v) is 2.71. The van der Waals surface area contributed by atoms with Gasteiger partial charge in [0.15, 0.2) is 5.82 Å². The maximum atomic E-state index is 10.5. The van der Waals surface area contributed by atoms with Gasteiger partial charge in [-0.3, -0.25) is 10.1 Å². The van der Waals surface area contributed by atoms with Crippen molar-refractivity contribution in [1.82, 2.24) is 10.2 Å². The van der Waals surface area contributed by atoms with E-state index in [4.69, 9.17) is 5.26 Å². The quantitative estimate of drug-likeness (QED) is 0.634. The van der Waals surface area contributed by atoms with Crippen LogP contribution in [0.25, 0.3) is 0 Å². The van der Waals surface area contributed by atoms with Crippen molar-refractivity contribution < 1.29 is 4.92 Å². The van der Waals surface area contributed by atoms with E-state index in [0.29, 0.717) is 24.5 Å². The first kappa shape index (κ1) is 11.9. The highest BCUT2D eigenvalue weighted by Crippen LogP contribution is 2.13. The van der Waals surface area contributed by atoms with Crippen LogP contribution in [0.4, 0.5) is 0 Å². The Morgan fingerprint density at radius 3 is 2.83 bits per heavy atom. The summed E-state index contributed by atoms with van der Waals surface area (Å²) >= 11 is 0. The van der Waals surface area contributed by atoms with E-state index >= 15 is 0 Å². The number of rotatable bonds is 3. The maximum Gasteiger partial charge on any atom is 0.274 e. The Labute approximate surface area is 104 Å². The fourth-order valence-corrected chi connectivity index (χ4v) is 1.85. The second-order valence-corrected chi connectivity index (χ2v) is 3.96. The van der Waals surface area contributed by atoms with Crippen molar-refractivity contribution in [2.45, 2.75) is 6.54 Å². The first-order valence-electron chi connectivity index (χ1n) is 5.52. The molecule has 0 atom stereocenters. The first-order chi connectivity index (χ1) is 8.69. The molecular formula is C12H12N4O2. The van der Waals surface area contributed by atoms with Gasteiger partial charge >= 0.3 is 0 Å². The summed E-state index contributed by atoms with van der Waals surface area (Å²) in [7, 11) is 0. The molecule has 0 aromatic heterocycles. The molecular weight excluding hydrogens is 232 g/mol. The van der Waals surface area contributed by atoms with Crippen molar-refractivity contribution in [3.63, 3.8) is 0 Å². The molecule has 1 N–H and O–H groups in total. The van der Waals surface area contributed by atoms with Gasteiger partial charge in [0.25, 0.3) is 6.20 Å². The predicted octanol–water partition coefficient (Wildman–Crippen LogP) is 1.04. The van der Waals surface area contributed by atoms with E-state index in [1.54, 1.807) is 12.1 Å². The summed E-state index contributed by atoms with van der Waals surface area (Å²) in [5.41, 5.74) is 1.63. The number of hydrogen-bond donors (Lipinski definition) is 1. The fourth-order valence-electron chi connectivity index (χ4n) is 1.85. The van der Waals surface area contributed by atoms with Gasteiger partial charge in [-0.1, -0.05) is 12.1 Å². The molecule has 18 heavy (non-hydrogen) atoms. The summed E-state index contributed by atoms with van der Waals surface area (Å²) in [6.45, 7) is 2.04. The third-order valence-electron chi connectivity index (χ3n) is 2.71. The van der Waals surface area contributed by atoms with Crippen LogP contribution in [-0.4, -0.2) is 22.9 Å². The Morgan fingerprint density at radius 1 is 1.50 bits per heavy atom. The van der Waals surface area contributed by atoms with Gasteiger partial charge in [-0.25, -0.2) is 0 Å². The second-order valence-electron chi connectivity index (χ2n) is 3.96. The van der Waals surface area contributed by atoms with E-state index in [0.717, 1.165) is 18.3 Å². The molecule has 2 rings (SSSR count). The minimum absolute atomic E-state index is 0.459. The van der Waals surface area contributed by atoms with Gasteiger partial charge in [-0.2, -0.15) is 5.26 Å². The van der Waals surface area contributed by atoms with Crippen molar-refractivity contribution >= 4 is 0 Å². The average molecular weight is 244 g/mol. The van der Waals surface area contributed by atoms with E-state index in [-0.39, 0.29) is 0 Å². The van der Waals surface area contributed by atoms with Crippen molar-refractivity contribution in [2.75, 3.05) is 13.1 Å². The number of nitrogens with zero attached hydrogens (tertiary/aromatic N) is 3. The van der Waals surface area contributed by atoms with Crippen LogP contribution in [0.3, 0.4) is 0 Å². The minimum atomic E-state index is -0.459. The summed E-state index contributed by atoms with van der Waals surface area (Å²) in [6.07, 6.45) is 0.983. The smallest absolute Gasteiger partial charge is 0.274 e. The molecule has 0 aliphatic carbocycles. The van der Waals surface area contributed by atoms with E-state index in [1.165, 1.54) is 0 Å². The van der Waals surface area contributed by atoms with Gasteiger partial charge in [-0.05, 0) is 17.7 Å². The summed E-state index contributed by atoms with van der Waals surface area (Å²) in [6, 6.07) is 9.27. The Kier molecular flexibility index (Phi) is 3.44. The number of nitrogens with one attached hydrogen (secondary N) is 1. The maximum absolute atomic E-state index is 10.5. The van der Waals surface area contributed by atoms with Crippen LogP contribution in [-0.2, 0) is 6.54 Å². The van der Waals surface area contributed by atoms with Gasteiger partial charge in [0.2, 0.25) is 0 Å². The number of benzene rings is 1. The lowest BCUT2D eigenvalue weighted by Gasteiger charge is -2.16. The van der Waals surface area contributed by atoms with E-state index in [1.807, 2.05) is 17.0 Å². The highest BCUT2D eigenvalue weighted by atomic mass is 16.6. The van der Waals surface area contributed by atoms with Crippen molar-refractivity contribution in [3.8, 4) is 6.07 Å². The summed E-state index contributed by atoms with van der Waals surface area (Å²) in [4.78, 5) is 11.9. The van der Waals surface area contributed by atoms with Gasteiger partial charge in [-0.15, -0.1) is 0 Å². The van der Waals surface area contributed by atoms with Crippen LogP contribution < -0.4 is 5.32 Å². The molecule has 1 heterocycles. The monoisotopic (exact) mass is 244 g/mol. The molecule has 92 valence electrons. The molecule has 1 aliphatic rings. The lowest BCUT2D eigenvalue weighted by Crippen LogP contribution is -2.20. The van der Waals surface area contributed by atoms with Crippen molar-refractivity contribution in [1.29, 1.82) is 5.26 Å². The molecule has 0 radical (unpaired) electrons. The topological polar surface area (TPSA) is 82.2 Å². The Hall–Kier alpha value is -2.55. The zero-order chi connectivity index (χ0) is 13.0.